The van der Waals surface area contributed by atoms with Gasteiger partial charge in [0.25, 0.3) is 0 Å². The fraction of sp³-hybridized carbons (Fsp3) is 0.375. The van der Waals surface area contributed by atoms with E-state index in [4.69, 9.17) is 9.47 Å². The summed E-state index contributed by atoms with van der Waals surface area (Å²) in [6, 6.07) is 6.76. The fourth-order valence-corrected chi connectivity index (χ4v) is 3.67. The highest BCUT2D eigenvalue weighted by molar-refractivity contribution is 6.23. The maximum Gasteiger partial charge on any atom is 0.241 e. The zero-order chi connectivity index (χ0) is 15.5. The molecular formula is C16H15NO5. The van der Waals surface area contributed by atoms with Crippen LogP contribution in [0.4, 0.5) is 5.69 Å². The Morgan fingerprint density at radius 2 is 2.00 bits per heavy atom. The Kier molecular flexibility index (Phi) is 2.70. The van der Waals surface area contributed by atoms with Crippen LogP contribution in [0, 0.1) is 11.8 Å². The molecule has 0 saturated carbocycles. The summed E-state index contributed by atoms with van der Waals surface area (Å²) in [5.74, 6) is -1.14. The SMILES string of the molecule is COc1ccc(N2C(=O)[C@H]3[C@@H]4C=C[C@@](CO)(O4)[C@@H]3C2=O)cc1. The number of carbonyl (C=O) groups excluding carboxylic acids is 2. The monoisotopic (exact) mass is 301 g/mol. The van der Waals surface area contributed by atoms with Gasteiger partial charge < -0.3 is 14.6 Å². The van der Waals surface area contributed by atoms with Crippen molar-refractivity contribution in [2.75, 3.05) is 18.6 Å². The van der Waals surface area contributed by atoms with E-state index in [1.807, 2.05) is 0 Å². The summed E-state index contributed by atoms with van der Waals surface area (Å²) >= 11 is 0. The van der Waals surface area contributed by atoms with Crippen molar-refractivity contribution in [2.24, 2.45) is 11.8 Å². The molecular weight excluding hydrogens is 286 g/mol. The second-order valence-corrected chi connectivity index (χ2v) is 5.77. The first-order chi connectivity index (χ1) is 10.6. The standard InChI is InChI=1S/C16H15NO5/c1-21-10-4-2-9(3-5-10)17-14(19)12-11-6-7-16(8-18,22-11)13(12)15(17)20/h2-7,11-13,18H,8H2,1H3/t11-,12-,13-,16-/m0/s1. The van der Waals surface area contributed by atoms with Crippen LogP contribution in [-0.4, -0.2) is 42.3 Å². The molecule has 4 rings (SSSR count). The highest BCUT2D eigenvalue weighted by Crippen LogP contribution is 2.52. The number of hydrogen-bond acceptors (Lipinski definition) is 5. The van der Waals surface area contributed by atoms with Crippen LogP contribution in [0.5, 0.6) is 5.75 Å². The van der Waals surface area contributed by atoms with Crippen molar-refractivity contribution in [3.63, 3.8) is 0 Å². The Hall–Kier alpha value is -2.18. The molecule has 0 spiro atoms. The number of carbonyl (C=O) groups is 2. The Bertz CT molecular complexity index is 682. The van der Waals surface area contributed by atoms with Gasteiger partial charge in [-0.1, -0.05) is 12.2 Å². The topological polar surface area (TPSA) is 76.1 Å². The summed E-state index contributed by atoms with van der Waals surface area (Å²) < 4.78 is 10.8. The van der Waals surface area contributed by atoms with Gasteiger partial charge in [0.05, 0.1) is 37.3 Å². The first-order valence-electron chi connectivity index (χ1n) is 7.11. The number of hydrogen-bond donors (Lipinski definition) is 1. The minimum absolute atomic E-state index is 0.273. The first kappa shape index (κ1) is 13.5. The molecule has 4 atom stereocenters. The summed E-state index contributed by atoms with van der Waals surface area (Å²) in [5, 5.41) is 9.64. The summed E-state index contributed by atoms with van der Waals surface area (Å²) in [6.07, 6.45) is 3.04. The van der Waals surface area contributed by atoms with Gasteiger partial charge in [0.1, 0.15) is 11.4 Å². The van der Waals surface area contributed by atoms with Crippen LogP contribution >= 0.6 is 0 Å². The third kappa shape index (κ3) is 1.51. The third-order valence-electron chi connectivity index (χ3n) is 4.73. The van der Waals surface area contributed by atoms with Crippen molar-refractivity contribution >= 4 is 17.5 Å². The van der Waals surface area contributed by atoms with E-state index in [1.165, 1.54) is 4.90 Å². The lowest BCUT2D eigenvalue weighted by molar-refractivity contribution is -0.128. The molecule has 0 aromatic heterocycles. The van der Waals surface area contributed by atoms with Crippen molar-refractivity contribution in [3.8, 4) is 5.75 Å². The normalized spacial score (nSPS) is 35.4. The van der Waals surface area contributed by atoms with E-state index in [2.05, 4.69) is 0 Å². The van der Waals surface area contributed by atoms with Crippen LogP contribution in [0.3, 0.4) is 0 Å². The van der Waals surface area contributed by atoms with Gasteiger partial charge in [0.2, 0.25) is 11.8 Å². The van der Waals surface area contributed by atoms with Crippen LogP contribution in [0.2, 0.25) is 0 Å². The molecule has 2 amide bonds. The second kappa shape index (κ2) is 4.41. The molecule has 22 heavy (non-hydrogen) atoms. The molecule has 3 heterocycles. The van der Waals surface area contributed by atoms with Gasteiger partial charge in [0.15, 0.2) is 0 Å². The number of rotatable bonds is 3. The van der Waals surface area contributed by atoms with E-state index in [1.54, 1.807) is 43.5 Å². The molecule has 0 radical (unpaired) electrons. The Morgan fingerprint density at radius 3 is 2.64 bits per heavy atom. The maximum absolute atomic E-state index is 12.8. The van der Waals surface area contributed by atoms with Crippen molar-refractivity contribution in [2.45, 2.75) is 11.7 Å². The number of nitrogens with zero attached hydrogens (tertiary/aromatic N) is 1. The highest BCUT2D eigenvalue weighted by atomic mass is 16.5. The molecule has 0 aliphatic carbocycles. The average molecular weight is 301 g/mol. The van der Waals surface area contributed by atoms with E-state index in [9.17, 15) is 14.7 Å². The number of anilines is 1. The Balaban J connectivity index is 1.72. The summed E-state index contributed by atoms with van der Waals surface area (Å²) in [5.41, 5.74) is -0.541. The summed E-state index contributed by atoms with van der Waals surface area (Å²) in [7, 11) is 1.55. The van der Waals surface area contributed by atoms with Crippen molar-refractivity contribution in [1.29, 1.82) is 0 Å². The number of ether oxygens (including phenoxy) is 2. The lowest BCUT2D eigenvalue weighted by atomic mass is 9.77. The molecule has 0 unspecified atom stereocenters. The van der Waals surface area contributed by atoms with Crippen molar-refractivity contribution in [1.82, 2.24) is 0 Å². The lowest BCUT2D eigenvalue weighted by Crippen LogP contribution is -2.43. The van der Waals surface area contributed by atoms with Gasteiger partial charge in [-0.3, -0.25) is 9.59 Å². The van der Waals surface area contributed by atoms with Crippen LogP contribution in [-0.2, 0) is 14.3 Å². The molecule has 1 aromatic carbocycles. The number of methoxy groups -OCH3 is 1. The van der Waals surface area contributed by atoms with Crippen LogP contribution in [0.1, 0.15) is 0 Å². The second-order valence-electron chi connectivity index (χ2n) is 5.77. The molecule has 114 valence electrons. The number of aliphatic hydroxyl groups excluding tert-OH is 1. The maximum atomic E-state index is 12.8. The molecule has 2 bridgehead atoms. The minimum Gasteiger partial charge on any atom is -0.497 e. The number of imide groups is 1. The lowest BCUT2D eigenvalue weighted by Gasteiger charge is -2.26. The fourth-order valence-electron chi connectivity index (χ4n) is 3.67. The highest BCUT2D eigenvalue weighted by Gasteiger charge is 2.67. The Morgan fingerprint density at radius 1 is 1.27 bits per heavy atom. The minimum atomic E-state index is -1.05. The molecule has 2 fully saturated rings. The van der Waals surface area contributed by atoms with Crippen LogP contribution in [0.25, 0.3) is 0 Å². The van der Waals surface area contributed by atoms with E-state index in [-0.39, 0.29) is 18.4 Å². The summed E-state index contributed by atoms with van der Waals surface area (Å²) in [6.45, 7) is -0.309. The molecule has 2 saturated heterocycles. The van der Waals surface area contributed by atoms with Gasteiger partial charge in [-0.2, -0.15) is 0 Å². The van der Waals surface area contributed by atoms with Gasteiger partial charge >= 0.3 is 0 Å². The van der Waals surface area contributed by atoms with Crippen molar-refractivity contribution < 1.29 is 24.2 Å². The van der Waals surface area contributed by atoms with E-state index < -0.39 is 23.5 Å². The molecule has 6 nitrogen and oxygen atoms in total. The molecule has 3 aliphatic heterocycles. The number of benzene rings is 1. The van der Waals surface area contributed by atoms with Gasteiger partial charge in [-0.15, -0.1) is 0 Å². The van der Waals surface area contributed by atoms with Gasteiger partial charge in [-0.05, 0) is 24.3 Å². The number of aliphatic hydroxyl groups is 1. The number of amides is 2. The smallest absolute Gasteiger partial charge is 0.241 e. The third-order valence-corrected chi connectivity index (χ3v) is 4.73. The molecule has 1 N–H and O–H groups in total. The molecule has 6 heteroatoms. The van der Waals surface area contributed by atoms with Gasteiger partial charge in [0, 0.05) is 0 Å². The van der Waals surface area contributed by atoms with Crippen LogP contribution in [0.15, 0.2) is 36.4 Å². The largest absolute Gasteiger partial charge is 0.497 e. The van der Waals surface area contributed by atoms with E-state index in [0.29, 0.717) is 11.4 Å². The number of fused-ring (bicyclic) bond motifs is 5. The zero-order valence-electron chi connectivity index (χ0n) is 11.9. The van der Waals surface area contributed by atoms with E-state index >= 15 is 0 Å². The van der Waals surface area contributed by atoms with Gasteiger partial charge in [-0.25, -0.2) is 4.90 Å². The zero-order valence-corrected chi connectivity index (χ0v) is 11.9. The average Bonchev–Trinajstić information content (AvgIpc) is 3.19. The summed E-state index contributed by atoms with van der Waals surface area (Å²) in [4.78, 5) is 26.6. The molecule has 1 aromatic rings. The van der Waals surface area contributed by atoms with Crippen molar-refractivity contribution in [3.05, 3.63) is 36.4 Å². The predicted octanol–water partition coefficient (Wildman–Crippen LogP) is 0.500. The predicted molar refractivity (Wildman–Crippen MR) is 76.3 cm³/mol. The quantitative estimate of drug-likeness (QED) is 0.650. The molecule has 3 aliphatic rings. The van der Waals surface area contributed by atoms with E-state index in [0.717, 1.165) is 0 Å². The first-order valence-corrected chi connectivity index (χ1v) is 7.11. The Labute approximate surface area is 126 Å². The van der Waals surface area contributed by atoms with Crippen LogP contribution < -0.4 is 9.64 Å².